The first kappa shape index (κ1) is 20.6. The van der Waals surface area contributed by atoms with Crippen molar-refractivity contribution in [2.24, 2.45) is 0 Å². The van der Waals surface area contributed by atoms with Crippen molar-refractivity contribution >= 4 is 23.8 Å². The van der Waals surface area contributed by atoms with Crippen molar-refractivity contribution in [3.05, 3.63) is 0 Å². The average Bonchev–Trinajstić information content (AvgIpc) is 2.91. The van der Waals surface area contributed by atoms with E-state index in [-0.39, 0.29) is 37.4 Å². The standard InChI is InChI=1S/C20H31N3O5/c1-2-28-17(26)20(12-7-4-8-13-20)21-15(24)9-14-23-16(25)19(22-18(23)27)10-5-3-6-11-19/h2-14H2,1H3,(H,21,24)(H,22,27). The Morgan fingerprint density at radius 1 is 1.04 bits per heavy atom. The molecule has 2 aliphatic carbocycles. The molecule has 8 heteroatoms. The summed E-state index contributed by atoms with van der Waals surface area (Å²) in [5.41, 5.74) is -1.76. The lowest BCUT2D eigenvalue weighted by atomic mass is 9.81. The first-order valence-electron chi connectivity index (χ1n) is 10.5. The molecule has 2 N–H and O–H groups in total. The first-order chi connectivity index (χ1) is 13.4. The van der Waals surface area contributed by atoms with Gasteiger partial charge < -0.3 is 15.4 Å². The molecule has 28 heavy (non-hydrogen) atoms. The van der Waals surface area contributed by atoms with E-state index in [0.717, 1.165) is 43.4 Å². The molecule has 0 unspecified atom stereocenters. The maximum absolute atomic E-state index is 12.8. The number of carbonyl (C=O) groups excluding carboxylic acids is 4. The fraction of sp³-hybridized carbons (Fsp3) is 0.800. The van der Waals surface area contributed by atoms with E-state index < -0.39 is 17.1 Å². The van der Waals surface area contributed by atoms with Gasteiger partial charge in [0.05, 0.1) is 6.61 Å². The predicted molar refractivity (Wildman–Crippen MR) is 101 cm³/mol. The normalized spacial score (nSPS) is 23.4. The molecule has 156 valence electrons. The van der Waals surface area contributed by atoms with Crippen molar-refractivity contribution in [3.8, 4) is 0 Å². The lowest BCUT2D eigenvalue weighted by Crippen LogP contribution is -2.56. The third kappa shape index (κ3) is 4.00. The second-order valence-electron chi connectivity index (χ2n) is 8.19. The minimum atomic E-state index is -0.979. The molecule has 4 amide bonds. The minimum absolute atomic E-state index is 0.0175. The number of carbonyl (C=O) groups is 4. The van der Waals surface area contributed by atoms with Crippen LogP contribution < -0.4 is 10.6 Å². The van der Waals surface area contributed by atoms with Gasteiger partial charge in [-0.3, -0.25) is 14.5 Å². The van der Waals surface area contributed by atoms with Gasteiger partial charge in [-0.05, 0) is 32.6 Å². The molecule has 1 spiro atoms. The number of nitrogens with one attached hydrogen (secondary N) is 2. The molecular weight excluding hydrogens is 362 g/mol. The van der Waals surface area contributed by atoms with Crippen LogP contribution in [0.4, 0.5) is 4.79 Å². The van der Waals surface area contributed by atoms with Crippen molar-refractivity contribution in [3.63, 3.8) is 0 Å². The van der Waals surface area contributed by atoms with Crippen LogP contribution in [0, 0.1) is 0 Å². The maximum Gasteiger partial charge on any atom is 0.331 e. The Bertz CT molecular complexity index is 636. The van der Waals surface area contributed by atoms with Gasteiger partial charge in [0.1, 0.15) is 11.1 Å². The Labute approximate surface area is 165 Å². The smallest absolute Gasteiger partial charge is 0.331 e. The van der Waals surface area contributed by atoms with Gasteiger partial charge in [-0.2, -0.15) is 0 Å². The van der Waals surface area contributed by atoms with Crippen molar-refractivity contribution < 1.29 is 23.9 Å². The average molecular weight is 393 g/mol. The molecule has 0 aromatic heterocycles. The highest BCUT2D eigenvalue weighted by Crippen LogP contribution is 2.34. The maximum atomic E-state index is 12.8. The SMILES string of the molecule is CCOC(=O)C1(NC(=O)CCN2C(=O)NC3(CCCCC3)C2=O)CCCCC1. The van der Waals surface area contributed by atoms with Crippen molar-refractivity contribution in [2.45, 2.75) is 88.6 Å². The lowest BCUT2D eigenvalue weighted by molar-refractivity contribution is -0.155. The van der Waals surface area contributed by atoms with Crippen LogP contribution in [0.1, 0.15) is 77.6 Å². The summed E-state index contributed by atoms with van der Waals surface area (Å²) >= 11 is 0. The molecule has 0 atom stereocenters. The fourth-order valence-corrected chi connectivity index (χ4v) is 4.72. The Hall–Kier alpha value is -2.12. The second kappa shape index (κ2) is 8.49. The van der Waals surface area contributed by atoms with Gasteiger partial charge in [-0.25, -0.2) is 9.59 Å². The number of esters is 1. The zero-order valence-corrected chi connectivity index (χ0v) is 16.7. The summed E-state index contributed by atoms with van der Waals surface area (Å²) < 4.78 is 5.19. The van der Waals surface area contributed by atoms with Crippen LogP contribution in [0.2, 0.25) is 0 Å². The van der Waals surface area contributed by atoms with Gasteiger partial charge in [-0.15, -0.1) is 0 Å². The zero-order chi connectivity index (χ0) is 20.2. The molecule has 0 bridgehead atoms. The van der Waals surface area contributed by atoms with Gasteiger partial charge in [0.25, 0.3) is 5.91 Å². The van der Waals surface area contributed by atoms with Gasteiger partial charge in [0.2, 0.25) is 5.91 Å². The molecule has 0 aromatic rings. The zero-order valence-electron chi connectivity index (χ0n) is 16.7. The highest BCUT2D eigenvalue weighted by molar-refractivity contribution is 6.07. The predicted octanol–water partition coefficient (Wildman–Crippen LogP) is 2.01. The van der Waals surface area contributed by atoms with Crippen LogP contribution >= 0.6 is 0 Å². The quantitative estimate of drug-likeness (QED) is 0.531. The molecule has 0 radical (unpaired) electrons. The van der Waals surface area contributed by atoms with E-state index in [4.69, 9.17) is 4.74 Å². The van der Waals surface area contributed by atoms with Crippen LogP contribution in [0.15, 0.2) is 0 Å². The lowest BCUT2D eigenvalue weighted by Gasteiger charge is -2.35. The van der Waals surface area contributed by atoms with Crippen molar-refractivity contribution in [2.75, 3.05) is 13.2 Å². The van der Waals surface area contributed by atoms with Crippen LogP contribution in [0.5, 0.6) is 0 Å². The topological polar surface area (TPSA) is 105 Å². The monoisotopic (exact) mass is 393 g/mol. The Morgan fingerprint density at radius 2 is 1.64 bits per heavy atom. The molecule has 1 saturated heterocycles. The van der Waals surface area contributed by atoms with Crippen LogP contribution in [-0.4, -0.2) is 52.9 Å². The number of rotatable bonds is 6. The van der Waals surface area contributed by atoms with E-state index in [0.29, 0.717) is 25.7 Å². The summed E-state index contributed by atoms with van der Waals surface area (Å²) in [6.07, 6.45) is 8.07. The molecule has 1 heterocycles. The summed E-state index contributed by atoms with van der Waals surface area (Å²) in [5, 5.41) is 5.71. The third-order valence-corrected chi connectivity index (χ3v) is 6.27. The molecule has 3 rings (SSSR count). The van der Waals surface area contributed by atoms with Crippen LogP contribution in [-0.2, 0) is 19.1 Å². The van der Waals surface area contributed by atoms with Gasteiger partial charge in [-0.1, -0.05) is 38.5 Å². The Balaban J connectivity index is 1.59. The summed E-state index contributed by atoms with van der Waals surface area (Å²) in [4.78, 5) is 51.3. The van der Waals surface area contributed by atoms with Gasteiger partial charge >= 0.3 is 12.0 Å². The molecule has 3 aliphatic rings. The van der Waals surface area contributed by atoms with E-state index in [1.54, 1.807) is 6.92 Å². The van der Waals surface area contributed by atoms with Crippen molar-refractivity contribution in [1.82, 2.24) is 15.5 Å². The number of ether oxygens (including phenoxy) is 1. The van der Waals surface area contributed by atoms with E-state index in [9.17, 15) is 19.2 Å². The van der Waals surface area contributed by atoms with Crippen LogP contribution in [0.25, 0.3) is 0 Å². The number of hydrogen-bond acceptors (Lipinski definition) is 5. The molecule has 2 saturated carbocycles. The van der Waals surface area contributed by atoms with Crippen LogP contribution in [0.3, 0.4) is 0 Å². The number of hydrogen-bond donors (Lipinski definition) is 2. The number of amides is 4. The molecular formula is C20H31N3O5. The summed E-state index contributed by atoms with van der Waals surface area (Å²) in [6.45, 7) is 2.03. The number of imide groups is 1. The highest BCUT2D eigenvalue weighted by Gasteiger charge is 2.51. The van der Waals surface area contributed by atoms with E-state index in [2.05, 4.69) is 10.6 Å². The Kier molecular flexibility index (Phi) is 6.25. The van der Waals surface area contributed by atoms with E-state index in [1.165, 1.54) is 0 Å². The molecule has 3 fully saturated rings. The molecule has 8 nitrogen and oxygen atoms in total. The summed E-state index contributed by atoms with van der Waals surface area (Å²) in [6, 6.07) is -0.419. The van der Waals surface area contributed by atoms with Gasteiger partial charge in [0.15, 0.2) is 0 Å². The van der Waals surface area contributed by atoms with E-state index in [1.807, 2.05) is 0 Å². The van der Waals surface area contributed by atoms with Gasteiger partial charge in [0, 0.05) is 13.0 Å². The first-order valence-corrected chi connectivity index (χ1v) is 10.5. The number of urea groups is 1. The van der Waals surface area contributed by atoms with E-state index >= 15 is 0 Å². The summed E-state index contributed by atoms with van der Waals surface area (Å²) in [7, 11) is 0. The third-order valence-electron chi connectivity index (χ3n) is 6.27. The van der Waals surface area contributed by atoms with Crippen molar-refractivity contribution in [1.29, 1.82) is 0 Å². The second-order valence-corrected chi connectivity index (χ2v) is 8.19. The summed E-state index contributed by atoms with van der Waals surface area (Å²) in [5.74, 6) is -0.942. The minimum Gasteiger partial charge on any atom is -0.464 e. The largest absolute Gasteiger partial charge is 0.464 e. The highest BCUT2D eigenvalue weighted by atomic mass is 16.5. The Morgan fingerprint density at radius 3 is 2.25 bits per heavy atom. The number of nitrogens with zero attached hydrogens (tertiary/aromatic N) is 1. The fourth-order valence-electron chi connectivity index (χ4n) is 4.72. The molecule has 0 aromatic carbocycles. The molecule has 1 aliphatic heterocycles.